The van der Waals surface area contributed by atoms with E-state index in [2.05, 4.69) is 4.90 Å². The van der Waals surface area contributed by atoms with Gasteiger partial charge in [-0.3, -0.25) is 0 Å². The largest absolute Gasteiger partial charge is 0.395 e. The summed E-state index contributed by atoms with van der Waals surface area (Å²) in [5, 5.41) is 8.81. The summed E-state index contributed by atoms with van der Waals surface area (Å²) in [6, 6.07) is 0.0669. The molecule has 2 fully saturated rings. The lowest BCUT2D eigenvalue weighted by Gasteiger charge is -2.51. The van der Waals surface area contributed by atoms with E-state index in [4.69, 9.17) is 23.5 Å². The maximum Gasteiger partial charge on any atom is 0.0734 e. The fraction of sp³-hybridized carbons (Fsp3) is 1.00. The van der Waals surface area contributed by atoms with Crippen molar-refractivity contribution < 1.29 is 5.11 Å². The molecule has 0 spiro atoms. The standard InChI is InChI=1S/C9H14B3NO/c1-13-3-2-5-4-6(10)8(14)9(11,12)7(5)13/h5-8,14H,2-4H2,1H3. The molecule has 1 aliphatic heterocycles. The van der Waals surface area contributed by atoms with Gasteiger partial charge in [-0.2, -0.15) is 0 Å². The van der Waals surface area contributed by atoms with E-state index in [1.807, 2.05) is 7.05 Å². The van der Waals surface area contributed by atoms with Crippen LogP contribution in [0.15, 0.2) is 0 Å². The maximum atomic E-state index is 9.87. The molecule has 1 heterocycles. The van der Waals surface area contributed by atoms with Gasteiger partial charge in [-0.1, -0.05) is 17.5 Å². The highest BCUT2D eigenvalue weighted by Crippen LogP contribution is 2.50. The average molecular weight is 185 g/mol. The summed E-state index contributed by atoms with van der Waals surface area (Å²) in [7, 11) is 19.8. The topological polar surface area (TPSA) is 23.5 Å². The molecule has 6 radical (unpaired) electrons. The van der Waals surface area contributed by atoms with E-state index in [-0.39, 0.29) is 11.9 Å². The van der Waals surface area contributed by atoms with Crippen molar-refractivity contribution in [2.45, 2.75) is 36.0 Å². The third-order valence-corrected chi connectivity index (χ3v) is 3.78. The Hall–Kier alpha value is 0.115. The second-order valence-electron chi connectivity index (χ2n) is 4.82. The SMILES string of the molecule is [B]C1CC2CCN(C)C2C([B])([B])C1O. The monoisotopic (exact) mass is 185 g/mol. The number of aliphatic hydroxyl groups excluding tert-OH is 1. The van der Waals surface area contributed by atoms with E-state index in [1.54, 1.807) is 0 Å². The van der Waals surface area contributed by atoms with Crippen LogP contribution in [-0.4, -0.2) is 59.3 Å². The number of rotatable bonds is 0. The van der Waals surface area contributed by atoms with Crippen molar-refractivity contribution in [2.24, 2.45) is 5.92 Å². The first kappa shape index (κ1) is 10.6. The lowest BCUT2D eigenvalue weighted by Crippen LogP contribution is -2.53. The van der Waals surface area contributed by atoms with Crippen LogP contribution in [0.25, 0.3) is 0 Å². The minimum atomic E-state index is -1.06. The van der Waals surface area contributed by atoms with Crippen LogP contribution in [0.3, 0.4) is 0 Å². The molecule has 1 aliphatic carbocycles. The minimum Gasteiger partial charge on any atom is -0.395 e. The maximum absolute atomic E-state index is 9.87. The van der Waals surface area contributed by atoms with Crippen LogP contribution in [0.4, 0.5) is 0 Å². The molecular weight excluding hydrogens is 171 g/mol. The van der Waals surface area contributed by atoms with E-state index >= 15 is 0 Å². The molecule has 2 aliphatic rings. The molecule has 5 heteroatoms. The fourth-order valence-electron chi connectivity index (χ4n) is 3.09. The van der Waals surface area contributed by atoms with E-state index in [0.717, 1.165) is 19.4 Å². The molecule has 4 atom stereocenters. The summed E-state index contributed by atoms with van der Waals surface area (Å²) in [5.74, 6) is 0.158. The Kier molecular flexibility index (Phi) is 2.51. The van der Waals surface area contributed by atoms with Gasteiger partial charge >= 0.3 is 0 Å². The van der Waals surface area contributed by atoms with Crippen LogP contribution >= 0.6 is 0 Å². The second-order valence-corrected chi connectivity index (χ2v) is 4.82. The highest BCUT2D eigenvalue weighted by atomic mass is 16.3. The summed E-state index contributed by atoms with van der Waals surface area (Å²) < 4.78 is 0. The highest BCUT2D eigenvalue weighted by Gasteiger charge is 2.50. The number of hydrogen-bond acceptors (Lipinski definition) is 2. The average Bonchev–Trinajstić information content (AvgIpc) is 2.44. The molecule has 0 bridgehead atoms. The molecule has 1 saturated carbocycles. The molecule has 4 unspecified atom stereocenters. The molecule has 0 aromatic carbocycles. The van der Waals surface area contributed by atoms with Gasteiger partial charge in [-0.05, 0) is 25.9 Å². The lowest BCUT2D eigenvalue weighted by atomic mass is 9.39. The van der Waals surface area contributed by atoms with E-state index < -0.39 is 11.3 Å². The van der Waals surface area contributed by atoms with Crippen LogP contribution in [-0.2, 0) is 0 Å². The van der Waals surface area contributed by atoms with Crippen LogP contribution in [0, 0.1) is 5.92 Å². The zero-order valence-electron chi connectivity index (χ0n) is 8.56. The first-order valence-corrected chi connectivity index (χ1v) is 5.16. The molecule has 1 saturated heterocycles. The van der Waals surface area contributed by atoms with Crippen molar-refractivity contribution in [1.82, 2.24) is 4.90 Å². The van der Waals surface area contributed by atoms with Crippen LogP contribution < -0.4 is 0 Å². The minimum absolute atomic E-state index is 0.0669. The predicted octanol–water partition coefficient (Wildman–Crippen LogP) is -0.519. The number of hydrogen-bond donors (Lipinski definition) is 1. The first-order chi connectivity index (χ1) is 6.44. The Bertz CT molecular complexity index is 236. The van der Waals surface area contributed by atoms with Crippen molar-refractivity contribution in [1.29, 1.82) is 0 Å². The smallest absolute Gasteiger partial charge is 0.0734 e. The summed E-state index contributed by atoms with van der Waals surface area (Å²) >= 11 is 0. The number of aliphatic hydroxyl groups is 1. The zero-order valence-corrected chi connectivity index (χ0v) is 8.56. The second kappa shape index (κ2) is 3.31. The highest BCUT2D eigenvalue weighted by molar-refractivity contribution is 6.41. The van der Waals surface area contributed by atoms with Gasteiger partial charge in [-0.25, -0.2) is 0 Å². The van der Waals surface area contributed by atoms with Gasteiger partial charge < -0.3 is 10.0 Å². The third-order valence-electron chi connectivity index (χ3n) is 3.78. The summed E-state index contributed by atoms with van der Waals surface area (Å²) in [6.07, 6.45) is 1.11. The molecule has 2 nitrogen and oxygen atoms in total. The normalized spacial score (nSPS) is 47.6. The van der Waals surface area contributed by atoms with Crippen LogP contribution in [0.1, 0.15) is 12.8 Å². The van der Waals surface area contributed by atoms with E-state index in [9.17, 15) is 5.11 Å². The van der Waals surface area contributed by atoms with Crippen molar-refractivity contribution in [3.8, 4) is 0 Å². The van der Waals surface area contributed by atoms with Crippen molar-refractivity contribution >= 4 is 23.5 Å². The summed E-state index contributed by atoms with van der Waals surface area (Å²) in [6.45, 7) is 0.991. The molecule has 2 rings (SSSR count). The first-order valence-electron chi connectivity index (χ1n) is 5.16. The third kappa shape index (κ3) is 1.36. The van der Waals surface area contributed by atoms with Gasteiger partial charge in [0.25, 0.3) is 0 Å². The van der Waals surface area contributed by atoms with E-state index in [1.165, 1.54) is 0 Å². The Morgan fingerprint density at radius 2 is 2.07 bits per heavy atom. The Balaban J connectivity index is 2.27. The van der Waals surface area contributed by atoms with Crippen molar-refractivity contribution in [3.05, 3.63) is 0 Å². The van der Waals surface area contributed by atoms with Gasteiger partial charge in [0.2, 0.25) is 0 Å². The molecular formula is C9H14B3NO. The number of fused-ring (bicyclic) bond motifs is 1. The molecule has 0 aromatic rings. The Morgan fingerprint density at radius 1 is 1.43 bits per heavy atom. The number of likely N-dealkylation sites (tertiary alicyclic amines) is 1. The summed E-state index contributed by atoms with van der Waals surface area (Å²) in [5.41, 5.74) is 0. The van der Waals surface area contributed by atoms with Crippen molar-refractivity contribution in [3.63, 3.8) is 0 Å². The fourth-order valence-corrected chi connectivity index (χ4v) is 3.09. The lowest BCUT2D eigenvalue weighted by molar-refractivity contribution is 0.0559. The summed E-state index contributed by atoms with van der Waals surface area (Å²) in [4.78, 5) is 2.14. The quantitative estimate of drug-likeness (QED) is 0.513. The zero-order chi connectivity index (χ0) is 10.5. The predicted molar refractivity (Wildman–Crippen MR) is 58.9 cm³/mol. The van der Waals surface area contributed by atoms with Gasteiger partial charge in [-0.15, -0.1) is 0 Å². The number of nitrogens with zero attached hydrogens (tertiary/aromatic N) is 1. The van der Waals surface area contributed by atoms with Gasteiger partial charge in [0.15, 0.2) is 0 Å². The Labute approximate surface area is 89.7 Å². The molecule has 14 heavy (non-hydrogen) atoms. The van der Waals surface area contributed by atoms with Crippen LogP contribution in [0.2, 0.25) is 11.0 Å². The van der Waals surface area contributed by atoms with Gasteiger partial charge in [0, 0.05) is 12.1 Å². The van der Waals surface area contributed by atoms with Gasteiger partial charge in [0.05, 0.1) is 23.5 Å². The molecule has 1 N–H and O–H groups in total. The van der Waals surface area contributed by atoms with Crippen LogP contribution in [0.5, 0.6) is 0 Å². The Morgan fingerprint density at radius 3 is 2.71 bits per heavy atom. The molecule has 70 valence electrons. The molecule has 0 aromatic heterocycles. The van der Waals surface area contributed by atoms with Gasteiger partial charge in [0.1, 0.15) is 0 Å². The van der Waals surface area contributed by atoms with E-state index in [0.29, 0.717) is 5.92 Å². The molecule has 0 amide bonds. The van der Waals surface area contributed by atoms with Crippen molar-refractivity contribution in [2.75, 3.05) is 13.6 Å².